The number of H-pyrrole nitrogens is 1. The van der Waals surface area contributed by atoms with Crippen molar-refractivity contribution < 1.29 is 13.2 Å². The van der Waals surface area contributed by atoms with Gasteiger partial charge in [-0.3, -0.25) is 9.89 Å². The van der Waals surface area contributed by atoms with E-state index in [1.807, 2.05) is 6.92 Å². The number of aromatic amines is 1. The molecular weight excluding hydrogens is 282 g/mol. The smallest absolute Gasteiger partial charge is 0.273 e. The average molecular weight is 297 g/mol. The molecule has 0 saturated heterocycles. The van der Waals surface area contributed by atoms with Crippen molar-refractivity contribution >= 4 is 21.7 Å². The summed E-state index contributed by atoms with van der Waals surface area (Å²) in [5, 5.41) is 9.17. The summed E-state index contributed by atoms with van der Waals surface area (Å²) >= 11 is 0. The van der Waals surface area contributed by atoms with Crippen LogP contribution >= 0.6 is 0 Å². The Kier molecular flexibility index (Phi) is 3.64. The normalized spacial score (nSPS) is 11.6. The van der Waals surface area contributed by atoms with E-state index in [1.165, 1.54) is 23.9 Å². The highest BCUT2D eigenvalue weighted by molar-refractivity contribution is 7.89. The van der Waals surface area contributed by atoms with Gasteiger partial charge in [0.1, 0.15) is 10.6 Å². The molecule has 108 valence electrons. The number of sulfonamides is 1. The SMILES string of the molecule is CNS(=O)(=O)c1cc(C(=O)Nc2cc(C)[nH]n2)n(C)c1. The molecule has 0 aliphatic rings. The molecule has 0 fully saturated rings. The van der Waals surface area contributed by atoms with E-state index in [1.54, 1.807) is 13.1 Å². The predicted octanol–water partition coefficient (Wildman–Crippen LogP) is 0.217. The predicted molar refractivity (Wildman–Crippen MR) is 72.9 cm³/mol. The Bertz CT molecular complexity index is 744. The molecule has 8 nitrogen and oxygen atoms in total. The van der Waals surface area contributed by atoms with E-state index in [-0.39, 0.29) is 10.6 Å². The molecule has 0 spiro atoms. The molecule has 0 saturated carbocycles. The highest BCUT2D eigenvalue weighted by atomic mass is 32.2. The van der Waals surface area contributed by atoms with Crippen molar-refractivity contribution in [2.45, 2.75) is 11.8 Å². The molecule has 0 aliphatic carbocycles. The van der Waals surface area contributed by atoms with E-state index in [4.69, 9.17) is 0 Å². The summed E-state index contributed by atoms with van der Waals surface area (Å²) < 4.78 is 27.0. The number of aromatic nitrogens is 3. The van der Waals surface area contributed by atoms with Crippen LogP contribution in [0.1, 0.15) is 16.2 Å². The lowest BCUT2D eigenvalue weighted by Gasteiger charge is -2.02. The number of nitrogens with one attached hydrogen (secondary N) is 3. The van der Waals surface area contributed by atoms with Crippen molar-refractivity contribution in [3.8, 4) is 0 Å². The van der Waals surface area contributed by atoms with Crippen molar-refractivity contribution in [2.75, 3.05) is 12.4 Å². The topological polar surface area (TPSA) is 109 Å². The summed E-state index contributed by atoms with van der Waals surface area (Å²) in [6.45, 7) is 1.81. The molecule has 0 aliphatic heterocycles. The number of hydrogen-bond donors (Lipinski definition) is 3. The van der Waals surface area contributed by atoms with Crippen LogP contribution in [-0.2, 0) is 17.1 Å². The van der Waals surface area contributed by atoms with Crippen LogP contribution in [0.25, 0.3) is 0 Å². The molecule has 0 radical (unpaired) electrons. The fraction of sp³-hybridized carbons (Fsp3) is 0.273. The van der Waals surface area contributed by atoms with Gasteiger partial charge in [-0.05, 0) is 20.0 Å². The van der Waals surface area contributed by atoms with Crippen molar-refractivity contribution in [3.05, 3.63) is 29.7 Å². The van der Waals surface area contributed by atoms with E-state index in [0.29, 0.717) is 5.82 Å². The van der Waals surface area contributed by atoms with Crippen LogP contribution in [0.5, 0.6) is 0 Å². The minimum atomic E-state index is -3.57. The second-order valence-corrected chi connectivity index (χ2v) is 6.16. The van der Waals surface area contributed by atoms with E-state index >= 15 is 0 Å². The maximum absolute atomic E-state index is 12.1. The zero-order chi connectivity index (χ0) is 14.9. The molecule has 2 rings (SSSR count). The molecule has 0 aromatic carbocycles. The summed E-state index contributed by atoms with van der Waals surface area (Å²) in [5.41, 5.74) is 1.03. The molecule has 1 amide bonds. The standard InChI is InChI=1S/C11H15N5O3S/c1-7-4-10(15-14-7)13-11(17)9-5-8(6-16(9)3)20(18,19)12-2/h4-6,12H,1-3H3,(H2,13,14,15,17). The number of aryl methyl sites for hydroxylation is 2. The quantitative estimate of drug-likeness (QED) is 0.749. The van der Waals surface area contributed by atoms with Crippen LogP contribution in [-0.4, -0.2) is 36.1 Å². The van der Waals surface area contributed by atoms with Gasteiger partial charge in [-0.25, -0.2) is 13.1 Å². The van der Waals surface area contributed by atoms with Gasteiger partial charge in [0.2, 0.25) is 10.0 Å². The lowest BCUT2D eigenvalue weighted by atomic mass is 10.4. The minimum absolute atomic E-state index is 0.0332. The molecule has 2 heterocycles. The van der Waals surface area contributed by atoms with Crippen molar-refractivity contribution in [3.63, 3.8) is 0 Å². The van der Waals surface area contributed by atoms with Gasteiger partial charge in [0.05, 0.1) is 0 Å². The zero-order valence-electron chi connectivity index (χ0n) is 11.3. The first-order valence-electron chi connectivity index (χ1n) is 5.77. The highest BCUT2D eigenvalue weighted by Crippen LogP contribution is 2.14. The third-order valence-corrected chi connectivity index (χ3v) is 4.12. The number of carbonyl (C=O) groups excluding carboxylic acids is 1. The molecule has 2 aromatic heterocycles. The molecule has 0 unspecified atom stereocenters. The maximum Gasteiger partial charge on any atom is 0.273 e. The fourth-order valence-corrected chi connectivity index (χ4v) is 2.49. The zero-order valence-corrected chi connectivity index (χ0v) is 12.1. The molecule has 9 heteroatoms. The van der Waals surface area contributed by atoms with Crippen LogP contribution < -0.4 is 10.0 Å². The maximum atomic E-state index is 12.1. The highest BCUT2D eigenvalue weighted by Gasteiger charge is 2.19. The van der Waals surface area contributed by atoms with Gasteiger partial charge in [0.15, 0.2) is 5.82 Å². The van der Waals surface area contributed by atoms with Crippen LogP contribution in [0, 0.1) is 6.92 Å². The largest absolute Gasteiger partial charge is 0.345 e. The number of carbonyl (C=O) groups is 1. The van der Waals surface area contributed by atoms with Gasteiger partial charge < -0.3 is 9.88 Å². The van der Waals surface area contributed by atoms with Gasteiger partial charge in [0, 0.05) is 25.0 Å². The number of amides is 1. The van der Waals surface area contributed by atoms with Gasteiger partial charge in [-0.2, -0.15) is 5.10 Å². The summed E-state index contributed by atoms with van der Waals surface area (Å²) in [5.74, 6) is -0.0525. The fourth-order valence-electron chi connectivity index (χ4n) is 1.69. The second-order valence-electron chi connectivity index (χ2n) is 4.27. The van der Waals surface area contributed by atoms with Crippen LogP contribution in [0.15, 0.2) is 23.2 Å². The monoisotopic (exact) mass is 297 g/mol. The molecular formula is C11H15N5O3S. The lowest BCUT2D eigenvalue weighted by molar-refractivity contribution is 0.101. The summed E-state index contributed by atoms with van der Waals surface area (Å²) in [4.78, 5) is 12.1. The van der Waals surface area contributed by atoms with Gasteiger partial charge >= 0.3 is 0 Å². The van der Waals surface area contributed by atoms with Crippen molar-refractivity contribution in [1.82, 2.24) is 19.5 Å². The number of hydrogen-bond acceptors (Lipinski definition) is 4. The Balaban J connectivity index is 2.27. The van der Waals surface area contributed by atoms with Gasteiger partial charge in [0.25, 0.3) is 5.91 Å². The molecule has 20 heavy (non-hydrogen) atoms. The summed E-state index contributed by atoms with van der Waals surface area (Å²) in [6, 6.07) is 2.98. The number of anilines is 1. The van der Waals surface area contributed by atoms with E-state index < -0.39 is 15.9 Å². The van der Waals surface area contributed by atoms with Crippen molar-refractivity contribution in [1.29, 1.82) is 0 Å². The van der Waals surface area contributed by atoms with Crippen LogP contribution in [0.4, 0.5) is 5.82 Å². The van der Waals surface area contributed by atoms with Crippen LogP contribution in [0.2, 0.25) is 0 Å². The Morgan fingerprint density at radius 2 is 2.10 bits per heavy atom. The molecule has 3 N–H and O–H groups in total. The lowest BCUT2D eigenvalue weighted by Crippen LogP contribution is -2.18. The summed E-state index contributed by atoms with van der Waals surface area (Å²) in [7, 11) is -0.664. The number of nitrogens with zero attached hydrogens (tertiary/aromatic N) is 2. The van der Waals surface area contributed by atoms with E-state index in [9.17, 15) is 13.2 Å². The second kappa shape index (κ2) is 5.10. The Morgan fingerprint density at radius 3 is 2.65 bits per heavy atom. The first kappa shape index (κ1) is 14.3. The Morgan fingerprint density at radius 1 is 1.40 bits per heavy atom. The minimum Gasteiger partial charge on any atom is -0.345 e. The molecule has 0 atom stereocenters. The molecule has 0 bridgehead atoms. The summed E-state index contributed by atoms with van der Waals surface area (Å²) in [6.07, 6.45) is 1.37. The first-order chi connectivity index (χ1) is 9.33. The van der Waals surface area contributed by atoms with Gasteiger partial charge in [-0.15, -0.1) is 0 Å². The molecule has 2 aromatic rings. The van der Waals surface area contributed by atoms with E-state index in [0.717, 1.165) is 5.69 Å². The Hall–Kier alpha value is -2.13. The van der Waals surface area contributed by atoms with Gasteiger partial charge in [-0.1, -0.05) is 0 Å². The Labute approximate surface area is 116 Å². The van der Waals surface area contributed by atoms with E-state index in [2.05, 4.69) is 20.2 Å². The first-order valence-corrected chi connectivity index (χ1v) is 7.25. The van der Waals surface area contributed by atoms with Crippen LogP contribution in [0.3, 0.4) is 0 Å². The third kappa shape index (κ3) is 2.73. The third-order valence-electron chi connectivity index (χ3n) is 2.74. The van der Waals surface area contributed by atoms with Crippen molar-refractivity contribution in [2.24, 2.45) is 7.05 Å². The number of rotatable bonds is 4. The average Bonchev–Trinajstić information content (AvgIpc) is 2.96.